The molecule has 51 heavy (non-hydrogen) atoms. The number of benzene rings is 2. The molecule has 7 rings (SSSR count). The number of piperidine rings is 1. The van der Waals surface area contributed by atoms with Crippen LogP contribution in [0.4, 0.5) is 14.5 Å². The number of amides is 1. The monoisotopic (exact) mass is 703 g/mol. The molecule has 274 valence electrons. The number of nitrogens with zero attached hydrogens (tertiary/aromatic N) is 5. The highest BCUT2D eigenvalue weighted by molar-refractivity contribution is 5.98. The second-order valence-electron chi connectivity index (χ2n) is 16.3. The first-order chi connectivity index (χ1) is 24.4. The highest BCUT2D eigenvalue weighted by Crippen LogP contribution is 2.54. The number of ether oxygens (including phenoxy) is 1. The number of rotatable bonds is 11. The molecule has 1 amide bonds. The fraction of sp³-hybridized carbons (Fsp3) is 0.625. The number of β-amino-alcohol motifs (C(OH)–C–C–N with tert-alkyl or cyclic N) is 1. The molecule has 0 spiro atoms. The van der Waals surface area contributed by atoms with Gasteiger partial charge < -0.3 is 24.5 Å². The first-order valence-electron chi connectivity index (χ1n) is 18.7. The summed E-state index contributed by atoms with van der Waals surface area (Å²) in [7, 11) is 1.45. The second kappa shape index (κ2) is 14.1. The number of hydrogen-bond acceptors (Lipinski definition) is 8. The standard InChI is InChI=1S/C40H51F2N5O4/c1-38(50)22-47(23-38)37(49)34-20-33(11-10-29(34)21-43)46-25-39(42,26-46)24-45-16-12-30(13-17-45)40(27-44-14-5-15-44,31-7-4-8-32(41)19-31)35-9-3-6-28(35)18-36(48)51-2/h4,7-8,10-11,19-20,28,30,35,50H,3,5-6,9,12-18,22-27H2,1-2H3/t28-,35+,40+/m1/s1. The van der Waals surface area contributed by atoms with Crippen LogP contribution >= 0.6 is 0 Å². The van der Waals surface area contributed by atoms with Crippen molar-refractivity contribution in [3.8, 4) is 6.07 Å². The summed E-state index contributed by atoms with van der Waals surface area (Å²) in [6, 6.07) is 14.3. The van der Waals surface area contributed by atoms with Crippen LogP contribution in [0.15, 0.2) is 42.5 Å². The average molecular weight is 704 g/mol. The van der Waals surface area contributed by atoms with Gasteiger partial charge in [0.2, 0.25) is 0 Å². The topological polar surface area (TPSA) is 100 Å². The van der Waals surface area contributed by atoms with Crippen LogP contribution in [-0.4, -0.2) is 116 Å². The van der Waals surface area contributed by atoms with Crippen LogP contribution in [0.3, 0.4) is 0 Å². The Labute approximate surface area is 300 Å². The highest BCUT2D eigenvalue weighted by Gasteiger charge is 2.54. The molecule has 0 radical (unpaired) electrons. The molecule has 2 aromatic rings. The van der Waals surface area contributed by atoms with Crippen molar-refractivity contribution in [3.63, 3.8) is 0 Å². The summed E-state index contributed by atoms with van der Waals surface area (Å²) in [4.78, 5) is 33.9. The molecule has 0 unspecified atom stereocenters. The predicted octanol–water partition coefficient (Wildman–Crippen LogP) is 4.77. The zero-order valence-electron chi connectivity index (χ0n) is 30.0. The van der Waals surface area contributed by atoms with E-state index in [4.69, 9.17) is 4.74 Å². The van der Waals surface area contributed by atoms with E-state index in [0.717, 1.165) is 76.8 Å². The smallest absolute Gasteiger partial charge is 0.305 e. The fourth-order valence-corrected chi connectivity index (χ4v) is 10.1. The number of carbonyl (C=O) groups excluding carboxylic acids is 2. The van der Waals surface area contributed by atoms with Crippen molar-refractivity contribution < 1.29 is 28.2 Å². The van der Waals surface area contributed by atoms with Gasteiger partial charge in [-0.2, -0.15) is 5.26 Å². The Kier molecular flexibility index (Phi) is 9.89. The van der Waals surface area contributed by atoms with Gasteiger partial charge in [0.15, 0.2) is 5.67 Å². The molecule has 5 aliphatic rings. The van der Waals surface area contributed by atoms with Crippen LogP contribution < -0.4 is 4.90 Å². The van der Waals surface area contributed by atoms with E-state index >= 15 is 4.39 Å². The maximum Gasteiger partial charge on any atom is 0.305 e. The van der Waals surface area contributed by atoms with E-state index in [1.807, 2.05) is 11.0 Å². The van der Waals surface area contributed by atoms with E-state index in [1.165, 1.54) is 18.1 Å². The first kappa shape index (κ1) is 35.8. The predicted molar refractivity (Wildman–Crippen MR) is 189 cm³/mol. The number of hydrogen-bond donors (Lipinski definition) is 1. The van der Waals surface area contributed by atoms with E-state index in [0.29, 0.717) is 18.7 Å². The molecule has 4 heterocycles. The molecule has 3 atom stereocenters. The van der Waals surface area contributed by atoms with Crippen LogP contribution in [0, 0.1) is 34.9 Å². The van der Waals surface area contributed by atoms with Gasteiger partial charge in [-0.05, 0) is 119 Å². The molecule has 4 saturated heterocycles. The maximum atomic E-state index is 16.3. The van der Waals surface area contributed by atoms with Crippen molar-refractivity contribution in [2.45, 2.75) is 68.6 Å². The van der Waals surface area contributed by atoms with Gasteiger partial charge in [0.1, 0.15) is 5.82 Å². The molecule has 1 N–H and O–H groups in total. The lowest BCUT2D eigenvalue weighted by Gasteiger charge is -2.54. The van der Waals surface area contributed by atoms with Crippen LogP contribution in [0.2, 0.25) is 0 Å². The Balaban J connectivity index is 1.04. The number of anilines is 1. The summed E-state index contributed by atoms with van der Waals surface area (Å²) in [6.45, 7) is 7.21. The van der Waals surface area contributed by atoms with Gasteiger partial charge in [-0.1, -0.05) is 18.6 Å². The Bertz CT molecular complexity index is 1650. The van der Waals surface area contributed by atoms with Gasteiger partial charge in [-0.25, -0.2) is 8.78 Å². The van der Waals surface area contributed by atoms with E-state index in [9.17, 15) is 24.3 Å². The Hall–Kier alpha value is -3.59. The highest BCUT2D eigenvalue weighted by atomic mass is 19.1. The van der Waals surface area contributed by atoms with Crippen molar-refractivity contribution in [2.24, 2.45) is 17.8 Å². The van der Waals surface area contributed by atoms with Crippen LogP contribution in [0.5, 0.6) is 0 Å². The van der Waals surface area contributed by atoms with Gasteiger partial charge in [-0.3, -0.25) is 14.5 Å². The molecular weight excluding hydrogens is 652 g/mol. The number of likely N-dealkylation sites (tertiary alicyclic amines) is 3. The lowest BCUT2D eigenvalue weighted by Crippen LogP contribution is -2.65. The van der Waals surface area contributed by atoms with Gasteiger partial charge in [-0.15, -0.1) is 0 Å². The number of methoxy groups -OCH3 is 1. The molecule has 5 fully saturated rings. The van der Waals surface area contributed by atoms with Gasteiger partial charge in [0.05, 0.1) is 56.1 Å². The molecule has 1 aliphatic carbocycles. The van der Waals surface area contributed by atoms with E-state index in [1.54, 1.807) is 31.2 Å². The molecule has 1 saturated carbocycles. The van der Waals surface area contributed by atoms with Crippen LogP contribution in [0.1, 0.15) is 73.4 Å². The third kappa shape index (κ3) is 7.12. The molecule has 4 aliphatic heterocycles. The summed E-state index contributed by atoms with van der Waals surface area (Å²) in [5, 5.41) is 19.8. The molecular formula is C40H51F2N5O4. The van der Waals surface area contributed by atoms with Gasteiger partial charge in [0.25, 0.3) is 5.91 Å². The number of halogens is 2. The zero-order chi connectivity index (χ0) is 36.0. The minimum atomic E-state index is -1.41. The van der Waals surface area contributed by atoms with Crippen molar-refractivity contribution >= 4 is 17.6 Å². The minimum absolute atomic E-state index is 0.175. The summed E-state index contributed by atoms with van der Waals surface area (Å²) in [5.74, 6) is -0.0572. The van der Waals surface area contributed by atoms with E-state index < -0.39 is 11.3 Å². The van der Waals surface area contributed by atoms with E-state index in [-0.39, 0.29) is 78.2 Å². The Morgan fingerprint density at radius 3 is 2.37 bits per heavy atom. The van der Waals surface area contributed by atoms with Crippen molar-refractivity contribution in [3.05, 3.63) is 65.0 Å². The third-order valence-electron chi connectivity index (χ3n) is 12.6. The van der Waals surface area contributed by atoms with Gasteiger partial charge >= 0.3 is 5.97 Å². The van der Waals surface area contributed by atoms with Crippen molar-refractivity contribution in [1.29, 1.82) is 5.26 Å². The first-order valence-corrected chi connectivity index (χ1v) is 18.7. The Morgan fingerprint density at radius 1 is 1.00 bits per heavy atom. The number of carbonyl (C=O) groups is 2. The molecule has 0 aromatic heterocycles. The SMILES string of the molecule is COC(=O)C[C@H]1CCC[C@@H]1[C@](CN1CCC1)(c1cccc(F)c1)C1CCN(CC2(F)CN(c3ccc(C#N)c(C(=O)N4CC(C)(O)C4)c3)C2)CC1. The Morgan fingerprint density at radius 2 is 1.75 bits per heavy atom. The summed E-state index contributed by atoms with van der Waals surface area (Å²) in [6.07, 6.45) is 6.28. The van der Waals surface area contributed by atoms with Crippen molar-refractivity contribution in [1.82, 2.24) is 14.7 Å². The summed E-state index contributed by atoms with van der Waals surface area (Å²) >= 11 is 0. The zero-order valence-corrected chi connectivity index (χ0v) is 30.0. The van der Waals surface area contributed by atoms with Crippen molar-refractivity contribution in [2.75, 3.05) is 77.5 Å². The lowest BCUT2D eigenvalue weighted by molar-refractivity contribution is -0.142. The fourth-order valence-electron chi connectivity index (χ4n) is 10.1. The summed E-state index contributed by atoms with van der Waals surface area (Å²) < 4.78 is 36.4. The normalized spacial score (nSPS) is 26.0. The molecule has 11 heteroatoms. The lowest BCUT2D eigenvalue weighted by atomic mass is 9.56. The number of aliphatic hydroxyl groups is 1. The third-order valence-corrected chi connectivity index (χ3v) is 12.6. The number of esters is 1. The second-order valence-corrected chi connectivity index (χ2v) is 16.3. The van der Waals surface area contributed by atoms with E-state index in [2.05, 4.69) is 21.9 Å². The summed E-state index contributed by atoms with van der Waals surface area (Å²) in [5.41, 5.74) is -0.357. The van der Waals surface area contributed by atoms with Crippen LogP contribution in [0.25, 0.3) is 0 Å². The maximum absolute atomic E-state index is 16.3. The molecule has 2 aromatic carbocycles. The number of nitriles is 1. The number of alkyl halides is 1. The molecule has 0 bridgehead atoms. The average Bonchev–Trinajstić information content (AvgIpc) is 3.53. The van der Waals surface area contributed by atoms with Crippen LogP contribution in [-0.2, 0) is 14.9 Å². The largest absolute Gasteiger partial charge is 0.469 e. The minimum Gasteiger partial charge on any atom is -0.469 e. The quantitative estimate of drug-likeness (QED) is 0.335. The van der Waals surface area contributed by atoms with Gasteiger partial charge in [0, 0.05) is 30.6 Å². The molecule has 9 nitrogen and oxygen atoms in total.